The van der Waals surface area contributed by atoms with E-state index in [1.165, 1.54) is 6.07 Å². The standard InChI is InChI=1S/C18H20F2N2O2S/c1-21-10-4-6-15-11-13-5-2-3-7-17(13)22(25(15,23)24)18-9-8-14(19)12-16(18)20/h2-3,5,7-9,12,15,21H,4,6,10-11H2,1H3/t15-/m1/s1. The summed E-state index contributed by atoms with van der Waals surface area (Å²) >= 11 is 0. The van der Waals surface area contributed by atoms with Crippen LogP contribution in [0.2, 0.25) is 0 Å². The van der Waals surface area contributed by atoms with Gasteiger partial charge in [-0.3, -0.25) is 0 Å². The quantitative estimate of drug-likeness (QED) is 0.826. The Bertz CT molecular complexity index is 871. The smallest absolute Gasteiger partial charge is 0.242 e. The summed E-state index contributed by atoms with van der Waals surface area (Å²) in [5, 5.41) is 2.36. The lowest BCUT2D eigenvalue weighted by molar-refractivity contribution is 0.550. The summed E-state index contributed by atoms with van der Waals surface area (Å²) in [6.07, 6.45) is 1.56. The number of anilines is 2. The van der Waals surface area contributed by atoms with Crippen molar-refractivity contribution in [1.82, 2.24) is 5.32 Å². The number of halogens is 2. The van der Waals surface area contributed by atoms with Gasteiger partial charge in [0.2, 0.25) is 10.0 Å². The predicted molar refractivity (Wildman–Crippen MR) is 94.5 cm³/mol. The van der Waals surface area contributed by atoms with E-state index in [-0.39, 0.29) is 5.69 Å². The van der Waals surface area contributed by atoms with Crippen LogP contribution >= 0.6 is 0 Å². The van der Waals surface area contributed by atoms with Crippen LogP contribution in [0.4, 0.5) is 20.2 Å². The molecule has 0 aromatic heterocycles. The highest BCUT2D eigenvalue weighted by Gasteiger charge is 2.39. The maximum Gasteiger partial charge on any atom is 0.242 e. The third-order valence-corrected chi connectivity index (χ3v) is 6.56. The van der Waals surface area contributed by atoms with Crippen LogP contribution in [0.25, 0.3) is 0 Å². The monoisotopic (exact) mass is 366 g/mol. The molecule has 2 aromatic carbocycles. The molecule has 2 aromatic rings. The maximum absolute atomic E-state index is 14.3. The number of nitrogens with one attached hydrogen (secondary N) is 1. The zero-order valence-corrected chi connectivity index (χ0v) is 14.7. The van der Waals surface area contributed by atoms with E-state index >= 15 is 0 Å². The Morgan fingerprint density at radius 1 is 1.16 bits per heavy atom. The molecule has 0 fully saturated rings. The van der Waals surface area contributed by atoms with Gasteiger partial charge in [0.15, 0.2) is 5.82 Å². The van der Waals surface area contributed by atoms with Crippen LogP contribution in [0.1, 0.15) is 18.4 Å². The Morgan fingerprint density at radius 3 is 2.64 bits per heavy atom. The van der Waals surface area contributed by atoms with Crippen LogP contribution < -0.4 is 9.62 Å². The van der Waals surface area contributed by atoms with Gasteiger partial charge in [0.05, 0.1) is 16.6 Å². The molecule has 1 N–H and O–H groups in total. The molecule has 1 heterocycles. The Labute approximate surface area is 146 Å². The summed E-state index contributed by atoms with van der Waals surface area (Å²) in [6.45, 7) is 0.707. The van der Waals surface area contributed by atoms with Gasteiger partial charge in [-0.05, 0) is 56.6 Å². The molecule has 4 nitrogen and oxygen atoms in total. The molecule has 1 atom stereocenters. The number of para-hydroxylation sites is 1. The fourth-order valence-corrected chi connectivity index (χ4v) is 5.22. The largest absolute Gasteiger partial charge is 0.320 e. The molecule has 0 saturated carbocycles. The molecule has 0 radical (unpaired) electrons. The highest BCUT2D eigenvalue weighted by atomic mass is 32.2. The number of nitrogens with zero attached hydrogens (tertiary/aromatic N) is 1. The summed E-state index contributed by atoms with van der Waals surface area (Å²) in [5.74, 6) is -1.64. The molecule has 1 aliphatic rings. The minimum absolute atomic E-state index is 0.146. The lowest BCUT2D eigenvalue weighted by Gasteiger charge is -2.35. The third kappa shape index (κ3) is 3.39. The van der Waals surface area contributed by atoms with Gasteiger partial charge in [0, 0.05) is 6.07 Å². The average Bonchev–Trinajstić information content (AvgIpc) is 2.57. The lowest BCUT2D eigenvalue weighted by Crippen LogP contribution is -2.42. The Morgan fingerprint density at radius 2 is 1.92 bits per heavy atom. The Kier molecular flexibility index (Phi) is 5.06. The highest BCUT2D eigenvalue weighted by Crippen LogP contribution is 2.40. The fraction of sp³-hybridized carbons (Fsp3) is 0.333. The van der Waals surface area contributed by atoms with Gasteiger partial charge in [-0.2, -0.15) is 0 Å². The summed E-state index contributed by atoms with van der Waals surface area (Å²) in [7, 11) is -1.99. The van der Waals surface area contributed by atoms with E-state index in [9.17, 15) is 17.2 Å². The Hall–Kier alpha value is -1.99. The average molecular weight is 366 g/mol. The van der Waals surface area contributed by atoms with Gasteiger partial charge >= 0.3 is 0 Å². The first kappa shape index (κ1) is 17.8. The van der Waals surface area contributed by atoms with Crippen LogP contribution in [0, 0.1) is 11.6 Å². The summed E-state index contributed by atoms with van der Waals surface area (Å²) in [4.78, 5) is 0. The van der Waals surface area contributed by atoms with Crippen molar-refractivity contribution in [3.63, 3.8) is 0 Å². The van der Waals surface area contributed by atoms with Crippen LogP contribution in [0.3, 0.4) is 0 Å². The first-order chi connectivity index (χ1) is 11.9. The van der Waals surface area contributed by atoms with E-state index < -0.39 is 26.9 Å². The molecule has 0 bridgehead atoms. The normalized spacial score (nSPS) is 18.8. The van der Waals surface area contributed by atoms with Crippen molar-refractivity contribution in [1.29, 1.82) is 0 Å². The van der Waals surface area contributed by atoms with Crippen molar-refractivity contribution in [2.75, 3.05) is 17.9 Å². The fourth-order valence-electron chi connectivity index (χ4n) is 3.19. The van der Waals surface area contributed by atoms with E-state index in [1.54, 1.807) is 12.1 Å². The minimum Gasteiger partial charge on any atom is -0.320 e. The molecule has 0 saturated heterocycles. The van der Waals surface area contributed by atoms with Gasteiger partial charge in [-0.1, -0.05) is 18.2 Å². The SMILES string of the molecule is CNCCC[C@@H]1Cc2ccccc2N(c2ccc(F)cc2F)S1(=O)=O. The van der Waals surface area contributed by atoms with Gasteiger partial charge < -0.3 is 5.32 Å². The second-order valence-electron chi connectivity index (χ2n) is 6.11. The summed E-state index contributed by atoms with van der Waals surface area (Å²) in [6, 6.07) is 10.0. The zero-order valence-electron chi connectivity index (χ0n) is 13.9. The van der Waals surface area contributed by atoms with Crippen molar-refractivity contribution in [2.24, 2.45) is 0 Å². The molecular weight excluding hydrogens is 346 g/mol. The molecule has 3 rings (SSSR count). The third-order valence-electron chi connectivity index (χ3n) is 4.42. The van der Waals surface area contributed by atoms with Crippen molar-refractivity contribution in [2.45, 2.75) is 24.5 Å². The maximum atomic E-state index is 14.3. The number of hydrogen-bond donors (Lipinski definition) is 1. The zero-order chi connectivity index (χ0) is 18.0. The van der Waals surface area contributed by atoms with E-state index in [0.29, 0.717) is 37.6 Å². The summed E-state index contributed by atoms with van der Waals surface area (Å²) in [5.41, 5.74) is 1.13. The molecule has 0 amide bonds. The van der Waals surface area contributed by atoms with Crippen LogP contribution in [-0.2, 0) is 16.4 Å². The van der Waals surface area contributed by atoms with E-state index in [0.717, 1.165) is 15.9 Å². The molecule has 1 aliphatic heterocycles. The van der Waals surface area contributed by atoms with E-state index in [4.69, 9.17) is 0 Å². The van der Waals surface area contributed by atoms with Crippen LogP contribution in [-0.4, -0.2) is 27.3 Å². The van der Waals surface area contributed by atoms with Gasteiger partial charge in [0.25, 0.3) is 0 Å². The number of hydrogen-bond acceptors (Lipinski definition) is 3. The number of sulfonamides is 1. The van der Waals surface area contributed by atoms with Crippen molar-refractivity contribution in [3.8, 4) is 0 Å². The first-order valence-corrected chi connectivity index (χ1v) is 9.67. The molecule has 0 unspecified atom stereocenters. The Balaban J connectivity index is 2.10. The number of benzene rings is 2. The van der Waals surface area contributed by atoms with E-state index in [1.807, 2.05) is 19.2 Å². The molecular formula is C18H20F2N2O2S. The van der Waals surface area contributed by atoms with Crippen molar-refractivity contribution < 1.29 is 17.2 Å². The molecule has 25 heavy (non-hydrogen) atoms. The van der Waals surface area contributed by atoms with Crippen LogP contribution in [0.15, 0.2) is 42.5 Å². The predicted octanol–water partition coefficient (Wildman–Crippen LogP) is 3.36. The molecule has 7 heteroatoms. The lowest BCUT2D eigenvalue weighted by atomic mass is 10.0. The second kappa shape index (κ2) is 7.09. The first-order valence-electron chi connectivity index (χ1n) is 8.17. The van der Waals surface area contributed by atoms with Gasteiger partial charge in [-0.25, -0.2) is 21.5 Å². The van der Waals surface area contributed by atoms with Crippen LogP contribution in [0.5, 0.6) is 0 Å². The molecule has 134 valence electrons. The highest BCUT2D eigenvalue weighted by molar-refractivity contribution is 7.93. The van der Waals surface area contributed by atoms with Gasteiger partial charge in [0.1, 0.15) is 5.82 Å². The minimum atomic E-state index is -3.80. The molecule has 0 spiro atoms. The van der Waals surface area contributed by atoms with E-state index in [2.05, 4.69) is 5.32 Å². The van der Waals surface area contributed by atoms with Crippen molar-refractivity contribution in [3.05, 3.63) is 59.7 Å². The number of fused-ring (bicyclic) bond motifs is 1. The molecule has 0 aliphatic carbocycles. The number of rotatable bonds is 5. The van der Waals surface area contributed by atoms with Gasteiger partial charge in [-0.15, -0.1) is 0 Å². The van der Waals surface area contributed by atoms with Crippen molar-refractivity contribution >= 4 is 21.4 Å². The second-order valence-corrected chi connectivity index (χ2v) is 8.17. The topological polar surface area (TPSA) is 49.4 Å². The summed E-state index contributed by atoms with van der Waals surface area (Å²) < 4.78 is 55.0.